The predicted molar refractivity (Wildman–Crippen MR) is 160 cm³/mol. The molecular weight excluding hydrogens is 520 g/mol. The molecule has 3 fully saturated rings. The molecule has 2 heterocycles. The quantitative estimate of drug-likeness (QED) is 0.313. The number of esters is 1. The van der Waals surface area contributed by atoms with E-state index >= 15 is 0 Å². The molecule has 0 spiro atoms. The van der Waals surface area contributed by atoms with Crippen LogP contribution in [0.3, 0.4) is 0 Å². The fraction of sp³-hybridized carbons (Fsp3) is 0.485. The van der Waals surface area contributed by atoms with E-state index in [0.717, 1.165) is 23.3 Å². The summed E-state index contributed by atoms with van der Waals surface area (Å²) in [7, 11) is 0. The van der Waals surface area contributed by atoms with E-state index in [0.29, 0.717) is 49.9 Å². The number of hydrogen-bond donors (Lipinski definition) is 0. The number of nitrogens with zero attached hydrogens (tertiary/aromatic N) is 2. The topological polar surface area (TPSA) is 66.9 Å². The van der Waals surface area contributed by atoms with Gasteiger partial charge in [-0.05, 0) is 81.4 Å². The highest BCUT2D eigenvalue weighted by Crippen LogP contribution is 2.43. The maximum atomic E-state index is 13.8. The van der Waals surface area contributed by atoms with Crippen LogP contribution in [0, 0.1) is 19.8 Å². The molecule has 6 nitrogen and oxygen atoms in total. The lowest BCUT2D eigenvalue weighted by atomic mass is 9.92. The number of carbonyl (C=O) groups is 3. The lowest BCUT2D eigenvalue weighted by Gasteiger charge is -2.44. The zero-order chi connectivity index (χ0) is 28.2. The summed E-state index contributed by atoms with van der Waals surface area (Å²) in [5, 5.41) is 0.418. The molecule has 0 aromatic heterocycles. The van der Waals surface area contributed by atoms with Crippen molar-refractivity contribution in [2.45, 2.75) is 77.1 Å². The molecule has 2 unspecified atom stereocenters. The van der Waals surface area contributed by atoms with Crippen LogP contribution in [0.1, 0.15) is 78.1 Å². The van der Waals surface area contributed by atoms with Gasteiger partial charge in [0.05, 0.1) is 17.4 Å². The highest BCUT2D eigenvalue weighted by atomic mass is 32.2. The molecule has 1 aliphatic carbocycles. The third-order valence-electron chi connectivity index (χ3n) is 8.52. The van der Waals surface area contributed by atoms with E-state index in [1.165, 1.54) is 29.5 Å². The summed E-state index contributed by atoms with van der Waals surface area (Å²) in [6, 6.07) is 14.3. The first-order valence-electron chi connectivity index (χ1n) is 14.7. The predicted octanol–water partition coefficient (Wildman–Crippen LogP) is 6.15. The Balaban J connectivity index is 1.29. The van der Waals surface area contributed by atoms with Crippen molar-refractivity contribution in [3.63, 3.8) is 0 Å². The Bertz CT molecular complexity index is 1280. The Kier molecular flexibility index (Phi) is 8.99. The Morgan fingerprint density at radius 2 is 1.73 bits per heavy atom. The maximum Gasteiger partial charge on any atom is 0.309 e. The molecule has 0 radical (unpaired) electrons. The van der Waals surface area contributed by atoms with Crippen molar-refractivity contribution in [3.05, 3.63) is 75.2 Å². The van der Waals surface area contributed by atoms with Gasteiger partial charge >= 0.3 is 5.97 Å². The van der Waals surface area contributed by atoms with Gasteiger partial charge in [0.15, 0.2) is 0 Å². The van der Waals surface area contributed by atoms with Gasteiger partial charge in [-0.3, -0.25) is 14.4 Å². The number of aryl methyl sites for hydroxylation is 2. The Labute approximate surface area is 242 Å². The average Bonchev–Trinajstić information content (AvgIpc) is 2.97. The summed E-state index contributed by atoms with van der Waals surface area (Å²) < 4.78 is 5.14. The number of likely N-dealkylation sites (tertiary alicyclic amines) is 1. The van der Waals surface area contributed by atoms with E-state index in [-0.39, 0.29) is 29.7 Å². The van der Waals surface area contributed by atoms with E-state index in [2.05, 4.69) is 36.9 Å². The molecule has 2 amide bonds. The van der Waals surface area contributed by atoms with E-state index in [1.54, 1.807) is 11.8 Å². The number of fused-ring (bicyclic) bond motifs is 1. The van der Waals surface area contributed by atoms with Crippen LogP contribution in [0.15, 0.2) is 47.4 Å². The minimum absolute atomic E-state index is 0.0191. The largest absolute Gasteiger partial charge is 0.466 e. The van der Waals surface area contributed by atoms with Gasteiger partial charge < -0.3 is 14.5 Å². The molecule has 1 saturated carbocycles. The van der Waals surface area contributed by atoms with Gasteiger partial charge in [0.25, 0.3) is 11.8 Å². The fourth-order valence-electron chi connectivity index (χ4n) is 6.15. The zero-order valence-corrected chi connectivity index (χ0v) is 24.7. The standard InChI is InChI=1S/C33H40N2O4S/c1-4-39-33(38)26-15-17-34(18-16-26)31(36)25-13-11-24(12-14-25)20-30-32(37)35(28-7-5-6-8-29(28)40-30)21-27-19-22(2)9-10-23(27)3/h9-14,19-20,26,28-29H,4-8,15-18,21H2,1-3H3/b30-20+. The zero-order valence-electron chi connectivity index (χ0n) is 23.9. The molecule has 212 valence electrons. The van der Waals surface area contributed by atoms with Crippen molar-refractivity contribution >= 4 is 35.6 Å². The normalized spacial score (nSPS) is 22.8. The lowest BCUT2D eigenvalue weighted by Crippen LogP contribution is -2.50. The van der Waals surface area contributed by atoms with Gasteiger partial charge in [0, 0.05) is 36.5 Å². The van der Waals surface area contributed by atoms with Gasteiger partial charge in [0.2, 0.25) is 0 Å². The fourth-order valence-corrected chi connectivity index (χ4v) is 7.62. The minimum Gasteiger partial charge on any atom is -0.466 e. The Morgan fingerprint density at radius 3 is 2.45 bits per heavy atom. The summed E-state index contributed by atoms with van der Waals surface area (Å²) in [5.74, 6) is -0.191. The molecule has 3 aliphatic rings. The average molecular weight is 561 g/mol. The van der Waals surface area contributed by atoms with Crippen LogP contribution in [0.5, 0.6) is 0 Å². The van der Waals surface area contributed by atoms with Crippen molar-refractivity contribution in [1.29, 1.82) is 0 Å². The summed E-state index contributed by atoms with van der Waals surface area (Å²) in [4.78, 5) is 43.7. The van der Waals surface area contributed by atoms with Crippen LogP contribution in [0.4, 0.5) is 0 Å². The molecular formula is C33H40N2O4S. The smallest absolute Gasteiger partial charge is 0.309 e. The summed E-state index contributed by atoms with van der Waals surface area (Å²) in [6.45, 7) is 8.18. The molecule has 0 N–H and O–H groups in total. The molecule has 5 rings (SSSR count). The van der Waals surface area contributed by atoms with Crippen LogP contribution < -0.4 is 0 Å². The van der Waals surface area contributed by atoms with Crippen molar-refractivity contribution in [3.8, 4) is 0 Å². The highest BCUT2D eigenvalue weighted by molar-refractivity contribution is 8.04. The van der Waals surface area contributed by atoms with Crippen LogP contribution in [0.2, 0.25) is 0 Å². The van der Waals surface area contributed by atoms with Crippen molar-refractivity contribution in [1.82, 2.24) is 9.80 Å². The van der Waals surface area contributed by atoms with Gasteiger partial charge in [0.1, 0.15) is 0 Å². The van der Waals surface area contributed by atoms with E-state index < -0.39 is 0 Å². The molecule has 2 aromatic rings. The summed E-state index contributed by atoms with van der Waals surface area (Å²) in [6.07, 6.45) is 7.84. The monoisotopic (exact) mass is 560 g/mol. The second kappa shape index (κ2) is 12.6. The number of thioether (sulfide) groups is 1. The molecule has 2 aromatic carbocycles. The van der Waals surface area contributed by atoms with Crippen LogP contribution in [0.25, 0.3) is 6.08 Å². The SMILES string of the molecule is CCOC(=O)C1CCN(C(=O)c2ccc(/C=C3/SC4CCCCC4N(Cc4cc(C)ccc4C)C3=O)cc2)CC1. The molecule has 2 saturated heterocycles. The van der Waals surface area contributed by atoms with Crippen molar-refractivity contribution < 1.29 is 19.1 Å². The second-order valence-corrected chi connectivity index (χ2v) is 12.6. The number of benzene rings is 2. The number of hydrogen-bond acceptors (Lipinski definition) is 5. The third-order valence-corrected chi connectivity index (χ3v) is 9.92. The first-order chi connectivity index (χ1) is 19.3. The first-order valence-corrected chi connectivity index (χ1v) is 15.5. The molecule has 2 atom stereocenters. The first kappa shape index (κ1) is 28.5. The highest BCUT2D eigenvalue weighted by Gasteiger charge is 2.40. The minimum atomic E-state index is -0.158. The van der Waals surface area contributed by atoms with Crippen LogP contribution >= 0.6 is 11.8 Å². The summed E-state index contributed by atoms with van der Waals surface area (Å²) >= 11 is 1.74. The van der Waals surface area contributed by atoms with Crippen molar-refractivity contribution in [2.24, 2.45) is 5.92 Å². The Morgan fingerprint density at radius 1 is 1.00 bits per heavy atom. The molecule has 0 bridgehead atoms. The second-order valence-electron chi connectivity index (χ2n) is 11.3. The number of amides is 2. The Hall–Kier alpha value is -3.06. The maximum absolute atomic E-state index is 13.8. The molecule has 2 aliphatic heterocycles. The number of carbonyl (C=O) groups excluding carboxylic acids is 3. The molecule has 40 heavy (non-hydrogen) atoms. The van der Waals surface area contributed by atoms with E-state index in [4.69, 9.17) is 4.74 Å². The lowest BCUT2D eigenvalue weighted by molar-refractivity contribution is -0.149. The third kappa shape index (κ3) is 6.30. The molecule has 7 heteroatoms. The summed E-state index contributed by atoms with van der Waals surface area (Å²) in [5.41, 5.74) is 5.21. The van der Waals surface area contributed by atoms with Gasteiger partial charge in [-0.1, -0.05) is 48.7 Å². The number of piperidine rings is 1. The van der Waals surface area contributed by atoms with Crippen LogP contribution in [-0.4, -0.2) is 58.6 Å². The van der Waals surface area contributed by atoms with Crippen LogP contribution in [-0.2, 0) is 20.9 Å². The van der Waals surface area contributed by atoms with E-state index in [1.807, 2.05) is 42.2 Å². The van der Waals surface area contributed by atoms with Crippen molar-refractivity contribution in [2.75, 3.05) is 19.7 Å². The van der Waals surface area contributed by atoms with E-state index in [9.17, 15) is 14.4 Å². The number of ether oxygens (including phenoxy) is 1. The number of rotatable bonds is 6. The van der Waals surface area contributed by atoms with Gasteiger partial charge in [-0.2, -0.15) is 0 Å². The van der Waals surface area contributed by atoms with Gasteiger partial charge in [-0.25, -0.2) is 0 Å². The van der Waals surface area contributed by atoms with Gasteiger partial charge in [-0.15, -0.1) is 11.8 Å².